The molecule has 1 atom stereocenters. The molecule has 0 aliphatic carbocycles. The van der Waals surface area contributed by atoms with Crippen molar-refractivity contribution >= 4 is 34.2 Å². The minimum Gasteiger partial charge on any atom is -0.330 e. The van der Waals surface area contributed by atoms with Gasteiger partial charge in [0.25, 0.3) is 5.91 Å². The number of nitrogens with zero attached hydrogens (tertiary/aromatic N) is 3. The van der Waals surface area contributed by atoms with E-state index in [4.69, 9.17) is 0 Å². The van der Waals surface area contributed by atoms with Crippen LogP contribution in [0.4, 0.5) is 0 Å². The second-order valence-corrected chi connectivity index (χ2v) is 7.35. The van der Waals surface area contributed by atoms with E-state index in [9.17, 15) is 4.79 Å². The van der Waals surface area contributed by atoms with Gasteiger partial charge in [-0.25, -0.2) is 4.98 Å². The van der Waals surface area contributed by atoms with Crippen LogP contribution in [0.3, 0.4) is 0 Å². The predicted octanol–water partition coefficient (Wildman–Crippen LogP) is 4.51. The number of fused-ring (bicyclic) bond motifs is 1. The topological polar surface area (TPSA) is 38.1 Å². The molecular weight excluding hydrogens is 414 g/mol. The smallest absolute Gasteiger partial charge is 0.250 e. The van der Waals surface area contributed by atoms with Crippen molar-refractivity contribution in [2.75, 3.05) is 0 Å². The van der Waals surface area contributed by atoms with Gasteiger partial charge in [-0.3, -0.25) is 4.79 Å². The van der Waals surface area contributed by atoms with Crippen LogP contribution < -0.4 is 0 Å². The SMILES string of the molecule is Cc1ccc(CN2Cc3cncn3C(c3cccc(Br)c3)C2=O)cc1.Cl. The Morgan fingerprint density at radius 2 is 1.96 bits per heavy atom. The fourth-order valence-electron chi connectivity index (χ4n) is 3.28. The highest BCUT2D eigenvalue weighted by Crippen LogP contribution is 2.30. The number of amides is 1. The third kappa shape index (κ3) is 3.55. The molecule has 134 valence electrons. The molecule has 2 aromatic carbocycles. The average Bonchev–Trinajstić information content (AvgIpc) is 3.05. The summed E-state index contributed by atoms with van der Waals surface area (Å²) < 4.78 is 2.95. The van der Waals surface area contributed by atoms with Gasteiger partial charge in [-0.2, -0.15) is 0 Å². The monoisotopic (exact) mass is 431 g/mol. The van der Waals surface area contributed by atoms with E-state index in [0.717, 1.165) is 21.3 Å². The summed E-state index contributed by atoms with van der Waals surface area (Å²) in [5.74, 6) is 0.101. The number of carbonyl (C=O) groups excluding carboxylic acids is 1. The van der Waals surface area contributed by atoms with E-state index >= 15 is 0 Å². The van der Waals surface area contributed by atoms with Crippen LogP contribution in [0.5, 0.6) is 0 Å². The van der Waals surface area contributed by atoms with Gasteiger partial charge < -0.3 is 9.47 Å². The van der Waals surface area contributed by atoms with E-state index < -0.39 is 0 Å². The Morgan fingerprint density at radius 1 is 1.19 bits per heavy atom. The van der Waals surface area contributed by atoms with Crippen molar-refractivity contribution in [1.82, 2.24) is 14.5 Å². The highest BCUT2D eigenvalue weighted by atomic mass is 79.9. The van der Waals surface area contributed by atoms with Crippen molar-refractivity contribution in [2.45, 2.75) is 26.1 Å². The molecule has 1 aromatic heterocycles. The lowest BCUT2D eigenvalue weighted by Crippen LogP contribution is -2.42. The molecule has 3 aromatic rings. The number of imidazole rings is 1. The van der Waals surface area contributed by atoms with Gasteiger partial charge in [0.15, 0.2) is 0 Å². The quantitative estimate of drug-likeness (QED) is 0.611. The minimum atomic E-state index is -0.366. The number of rotatable bonds is 3. The summed E-state index contributed by atoms with van der Waals surface area (Å²) in [6, 6.07) is 15.9. The second kappa shape index (κ2) is 7.64. The van der Waals surface area contributed by atoms with E-state index in [1.54, 1.807) is 6.33 Å². The van der Waals surface area contributed by atoms with E-state index in [-0.39, 0.29) is 24.4 Å². The summed E-state index contributed by atoms with van der Waals surface area (Å²) in [7, 11) is 0. The van der Waals surface area contributed by atoms with Gasteiger partial charge in [-0.05, 0) is 30.2 Å². The Morgan fingerprint density at radius 3 is 2.69 bits per heavy atom. The van der Waals surface area contributed by atoms with Crippen molar-refractivity contribution in [3.8, 4) is 0 Å². The molecule has 0 saturated carbocycles. The molecule has 0 fully saturated rings. The standard InChI is InChI=1S/C20H18BrN3O.ClH/c1-14-5-7-15(8-6-14)11-23-12-18-10-22-13-24(18)19(20(23)25)16-3-2-4-17(21)9-16;/h2-10,13,19H,11-12H2,1H3;1H. The first kappa shape index (κ1) is 18.7. The molecule has 0 saturated heterocycles. The van der Waals surface area contributed by atoms with Gasteiger partial charge >= 0.3 is 0 Å². The zero-order chi connectivity index (χ0) is 17.4. The van der Waals surface area contributed by atoms with Crippen LogP contribution >= 0.6 is 28.3 Å². The van der Waals surface area contributed by atoms with Crippen LogP contribution in [0, 0.1) is 6.92 Å². The summed E-state index contributed by atoms with van der Waals surface area (Å²) in [6.45, 7) is 3.25. The number of carbonyl (C=O) groups is 1. The molecule has 0 radical (unpaired) electrons. The van der Waals surface area contributed by atoms with Crippen LogP contribution in [0.2, 0.25) is 0 Å². The fraction of sp³-hybridized carbons (Fsp3) is 0.200. The van der Waals surface area contributed by atoms with E-state index in [1.165, 1.54) is 5.56 Å². The van der Waals surface area contributed by atoms with Crippen molar-refractivity contribution < 1.29 is 4.79 Å². The highest BCUT2D eigenvalue weighted by Gasteiger charge is 2.34. The van der Waals surface area contributed by atoms with Gasteiger partial charge in [0, 0.05) is 17.2 Å². The first-order chi connectivity index (χ1) is 12.1. The predicted molar refractivity (Wildman–Crippen MR) is 107 cm³/mol. The molecular formula is C20H19BrClN3O. The van der Waals surface area contributed by atoms with E-state index in [2.05, 4.69) is 52.1 Å². The second-order valence-electron chi connectivity index (χ2n) is 6.43. The lowest BCUT2D eigenvalue weighted by molar-refractivity contribution is -0.136. The summed E-state index contributed by atoms with van der Waals surface area (Å²) >= 11 is 3.51. The van der Waals surface area contributed by atoms with Crippen LogP contribution in [0.25, 0.3) is 0 Å². The lowest BCUT2D eigenvalue weighted by Gasteiger charge is -2.34. The van der Waals surface area contributed by atoms with Gasteiger partial charge in [-0.15, -0.1) is 12.4 Å². The summed E-state index contributed by atoms with van der Waals surface area (Å²) in [6.07, 6.45) is 3.60. The van der Waals surface area contributed by atoms with Crippen molar-refractivity contribution in [2.24, 2.45) is 0 Å². The molecule has 1 aliphatic rings. The molecule has 4 rings (SSSR count). The maximum atomic E-state index is 13.2. The largest absolute Gasteiger partial charge is 0.330 e. The average molecular weight is 433 g/mol. The van der Waals surface area contributed by atoms with Crippen LogP contribution in [0.15, 0.2) is 65.5 Å². The van der Waals surface area contributed by atoms with Gasteiger partial charge in [0.1, 0.15) is 6.04 Å². The Kier molecular flexibility index (Phi) is 5.49. The van der Waals surface area contributed by atoms with Gasteiger partial charge in [0.05, 0.1) is 18.6 Å². The van der Waals surface area contributed by atoms with Crippen LogP contribution in [0.1, 0.15) is 28.4 Å². The molecule has 0 spiro atoms. The first-order valence-electron chi connectivity index (χ1n) is 8.22. The summed E-state index contributed by atoms with van der Waals surface area (Å²) in [5.41, 5.74) is 4.38. The molecule has 1 amide bonds. The van der Waals surface area contributed by atoms with Gasteiger partial charge in [0.2, 0.25) is 0 Å². The molecule has 6 heteroatoms. The lowest BCUT2D eigenvalue weighted by atomic mass is 10.0. The minimum absolute atomic E-state index is 0. The summed E-state index contributed by atoms with van der Waals surface area (Å²) in [4.78, 5) is 19.4. The third-order valence-electron chi connectivity index (χ3n) is 4.58. The first-order valence-corrected chi connectivity index (χ1v) is 9.01. The Balaban J connectivity index is 0.00000196. The van der Waals surface area contributed by atoms with Crippen molar-refractivity contribution in [3.05, 3.63) is 87.9 Å². The Bertz CT molecular complexity index is 923. The number of halogens is 2. The zero-order valence-electron chi connectivity index (χ0n) is 14.3. The maximum absolute atomic E-state index is 13.2. The normalized spacial score (nSPS) is 16.2. The number of benzene rings is 2. The number of hydrogen-bond acceptors (Lipinski definition) is 2. The Hall–Kier alpha value is -2.11. The van der Waals surface area contributed by atoms with E-state index in [1.807, 2.05) is 39.9 Å². The molecule has 1 unspecified atom stereocenters. The molecule has 4 nitrogen and oxygen atoms in total. The van der Waals surface area contributed by atoms with Gasteiger partial charge in [-0.1, -0.05) is 57.9 Å². The van der Waals surface area contributed by atoms with Crippen molar-refractivity contribution in [1.29, 1.82) is 0 Å². The number of aromatic nitrogens is 2. The van der Waals surface area contributed by atoms with Crippen molar-refractivity contribution in [3.63, 3.8) is 0 Å². The molecule has 0 bridgehead atoms. The van der Waals surface area contributed by atoms with E-state index in [0.29, 0.717) is 13.1 Å². The zero-order valence-corrected chi connectivity index (χ0v) is 16.7. The molecule has 1 aliphatic heterocycles. The third-order valence-corrected chi connectivity index (χ3v) is 5.07. The molecule has 2 heterocycles. The Labute approximate surface area is 167 Å². The maximum Gasteiger partial charge on any atom is 0.250 e. The highest BCUT2D eigenvalue weighted by molar-refractivity contribution is 9.10. The van der Waals surface area contributed by atoms with Crippen LogP contribution in [-0.4, -0.2) is 20.4 Å². The summed E-state index contributed by atoms with van der Waals surface area (Å²) in [5, 5.41) is 0. The van der Waals surface area contributed by atoms with Crippen LogP contribution in [-0.2, 0) is 17.9 Å². The number of aryl methyl sites for hydroxylation is 1. The molecule has 0 N–H and O–H groups in total. The fourth-order valence-corrected chi connectivity index (χ4v) is 3.70. The molecule has 26 heavy (non-hydrogen) atoms. The number of hydrogen-bond donors (Lipinski definition) is 0.